The minimum absolute atomic E-state index is 0.140. The molecule has 2 aromatic rings. The molecule has 0 amide bonds. The van der Waals surface area contributed by atoms with E-state index in [4.69, 9.17) is 5.26 Å². The maximum atomic E-state index is 14.1. The molecule has 0 aliphatic heterocycles. The van der Waals surface area contributed by atoms with Crippen LogP contribution in [0.25, 0.3) is 0 Å². The van der Waals surface area contributed by atoms with E-state index in [1.807, 2.05) is 6.07 Å². The molecule has 2 aromatic carbocycles. The Bertz CT molecular complexity index is 713. The predicted molar refractivity (Wildman–Crippen MR) is 82.0 cm³/mol. The van der Waals surface area contributed by atoms with Crippen LogP contribution < -0.4 is 5.32 Å². The lowest BCUT2D eigenvalue weighted by Gasteiger charge is -2.11. The fraction of sp³-hybridized carbons (Fsp3) is 0.188. The van der Waals surface area contributed by atoms with Crippen molar-refractivity contribution < 1.29 is 8.78 Å². The molecule has 0 atom stereocenters. The number of hydrogen-bond donors (Lipinski definition) is 1. The van der Waals surface area contributed by atoms with Gasteiger partial charge in [0.2, 0.25) is 0 Å². The molecule has 0 bridgehead atoms. The second-order valence-corrected chi connectivity index (χ2v) is 5.59. The number of halogens is 3. The number of benzene rings is 2. The molecule has 0 aromatic heterocycles. The quantitative estimate of drug-likeness (QED) is 0.860. The first-order valence-corrected chi connectivity index (χ1v) is 7.11. The SMILES string of the molecule is Cc1cc(CNc2ccc(C#N)c(Br)c2F)cc(C)c1F. The standard InChI is InChI=1S/C16H13BrF2N2/c1-9-5-11(6-10(2)15(9)18)8-21-13-4-3-12(7-20)14(17)16(13)19/h3-6,21H,8H2,1-2H3. The Morgan fingerprint density at radius 3 is 2.33 bits per heavy atom. The Morgan fingerprint density at radius 2 is 1.76 bits per heavy atom. The molecule has 0 aliphatic rings. The lowest BCUT2D eigenvalue weighted by molar-refractivity contribution is 0.608. The van der Waals surface area contributed by atoms with E-state index >= 15 is 0 Å². The number of hydrogen-bond acceptors (Lipinski definition) is 2. The number of nitrogens with one attached hydrogen (secondary N) is 1. The number of nitrogens with zero attached hydrogens (tertiary/aromatic N) is 1. The summed E-state index contributed by atoms with van der Waals surface area (Å²) >= 11 is 3.06. The summed E-state index contributed by atoms with van der Waals surface area (Å²) in [6.07, 6.45) is 0. The molecule has 108 valence electrons. The van der Waals surface area contributed by atoms with Gasteiger partial charge in [0.1, 0.15) is 11.9 Å². The van der Waals surface area contributed by atoms with E-state index in [2.05, 4.69) is 21.2 Å². The zero-order valence-electron chi connectivity index (χ0n) is 11.6. The van der Waals surface area contributed by atoms with Gasteiger partial charge in [0.25, 0.3) is 0 Å². The first-order valence-electron chi connectivity index (χ1n) is 6.31. The van der Waals surface area contributed by atoms with Crippen LogP contribution in [0, 0.1) is 36.8 Å². The highest BCUT2D eigenvalue weighted by molar-refractivity contribution is 9.10. The third-order valence-corrected chi connectivity index (χ3v) is 3.96. The molecule has 0 saturated heterocycles. The van der Waals surface area contributed by atoms with E-state index in [9.17, 15) is 8.78 Å². The lowest BCUT2D eigenvalue weighted by Crippen LogP contribution is -2.04. The van der Waals surface area contributed by atoms with E-state index < -0.39 is 5.82 Å². The summed E-state index contributed by atoms with van der Waals surface area (Å²) in [6.45, 7) is 3.77. The maximum Gasteiger partial charge on any atom is 0.161 e. The Balaban J connectivity index is 2.21. The number of aryl methyl sites for hydroxylation is 2. The van der Waals surface area contributed by atoms with E-state index in [1.165, 1.54) is 12.1 Å². The van der Waals surface area contributed by atoms with Crippen LogP contribution >= 0.6 is 15.9 Å². The van der Waals surface area contributed by atoms with Gasteiger partial charge in [-0.05, 0) is 58.6 Å². The normalized spacial score (nSPS) is 10.3. The highest BCUT2D eigenvalue weighted by Crippen LogP contribution is 2.27. The molecule has 0 saturated carbocycles. The molecule has 0 aliphatic carbocycles. The Kier molecular flexibility index (Phi) is 4.59. The van der Waals surface area contributed by atoms with Crippen molar-refractivity contribution >= 4 is 21.6 Å². The number of rotatable bonds is 3. The fourth-order valence-corrected chi connectivity index (χ4v) is 2.54. The highest BCUT2D eigenvalue weighted by atomic mass is 79.9. The van der Waals surface area contributed by atoms with Crippen LogP contribution in [0.5, 0.6) is 0 Å². The average molecular weight is 351 g/mol. The van der Waals surface area contributed by atoms with Crippen molar-refractivity contribution in [3.8, 4) is 6.07 Å². The van der Waals surface area contributed by atoms with Gasteiger partial charge in [-0.25, -0.2) is 8.78 Å². The Morgan fingerprint density at radius 1 is 1.14 bits per heavy atom. The Hall–Kier alpha value is -1.93. The molecule has 0 radical (unpaired) electrons. The summed E-state index contributed by atoms with van der Waals surface area (Å²) < 4.78 is 27.8. The summed E-state index contributed by atoms with van der Waals surface area (Å²) in [5, 5.41) is 11.8. The summed E-state index contributed by atoms with van der Waals surface area (Å²) in [7, 11) is 0. The van der Waals surface area contributed by atoms with Crippen molar-refractivity contribution in [1.82, 2.24) is 0 Å². The number of nitriles is 1. The summed E-state index contributed by atoms with van der Waals surface area (Å²) in [4.78, 5) is 0. The van der Waals surface area contributed by atoms with Crippen molar-refractivity contribution in [3.05, 3.63) is 62.6 Å². The van der Waals surface area contributed by atoms with Crippen LogP contribution in [0.4, 0.5) is 14.5 Å². The van der Waals surface area contributed by atoms with Crippen LogP contribution in [0.2, 0.25) is 0 Å². The third-order valence-electron chi connectivity index (χ3n) is 3.18. The molecule has 21 heavy (non-hydrogen) atoms. The number of anilines is 1. The van der Waals surface area contributed by atoms with Gasteiger partial charge in [0.05, 0.1) is 15.7 Å². The maximum absolute atomic E-state index is 14.1. The molecule has 5 heteroatoms. The van der Waals surface area contributed by atoms with Crippen molar-refractivity contribution in [3.63, 3.8) is 0 Å². The predicted octanol–water partition coefficient (Wildman–Crippen LogP) is 4.83. The zero-order valence-corrected chi connectivity index (χ0v) is 13.2. The van der Waals surface area contributed by atoms with Gasteiger partial charge in [-0.3, -0.25) is 0 Å². The molecular formula is C16H13BrF2N2. The molecule has 0 spiro atoms. The summed E-state index contributed by atoms with van der Waals surface area (Å²) in [5.74, 6) is -0.726. The second-order valence-electron chi connectivity index (χ2n) is 4.80. The van der Waals surface area contributed by atoms with Crippen LogP contribution in [-0.2, 0) is 6.54 Å². The van der Waals surface area contributed by atoms with Crippen molar-refractivity contribution in [2.75, 3.05) is 5.32 Å². The Labute approximate surface area is 130 Å². The molecule has 0 heterocycles. The van der Waals surface area contributed by atoms with E-state index in [-0.39, 0.29) is 15.9 Å². The van der Waals surface area contributed by atoms with Crippen LogP contribution in [0.1, 0.15) is 22.3 Å². The third kappa shape index (κ3) is 3.22. The highest BCUT2D eigenvalue weighted by Gasteiger charge is 2.11. The smallest absolute Gasteiger partial charge is 0.161 e. The van der Waals surface area contributed by atoms with Gasteiger partial charge in [-0.1, -0.05) is 12.1 Å². The first-order chi connectivity index (χ1) is 9.93. The second kappa shape index (κ2) is 6.23. The van der Waals surface area contributed by atoms with Gasteiger partial charge >= 0.3 is 0 Å². The summed E-state index contributed by atoms with van der Waals surface area (Å²) in [6, 6.07) is 8.41. The average Bonchev–Trinajstić information content (AvgIpc) is 2.46. The molecule has 2 rings (SSSR count). The van der Waals surface area contributed by atoms with Crippen LogP contribution in [0.3, 0.4) is 0 Å². The first kappa shape index (κ1) is 15.5. The monoisotopic (exact) mass is 350 g/mol. The molecule has 2 nitrogen and oxygen atoms in total. The van der Waals surface area contributed by atoms with E-state index in [0.29, 0.717) is 23.4 Å². The molecular weight excluding hydrogens is 338 g/mol. The van der Waals surface area contributed by atoms with E-state index in [0.717, 1.165) is 5.56 Å². The van der Waals surface area contributed by atoms with Crippen LogP contribution in [0.15, 0.2) is 28.7 Å². The lowest BCUT2D eigenvalue weighted by atomic mass is 10.1. The van der Waals surface area contributed by atoms with Crippen molar-refractivity contribution in [1.29, 1.82) is 5.26 Å². The topological polar surface area (TPSA) is 35.8 Å². The van der Waals surface area contributed by atoms with Crippen LogP contribution in [-0.4, -0.2) is 0 Å². The summed E-state index contributed by atoms with van der Waals surface area (Å²) in [5.41, 5.74) is 2.53. The van der Waals surface area contributed by atoms with Gasteiger partial charge in [-0.2, -0.15) is 5.26 Å². The largest absolute Gasteiger partial charge is 0.379 e. The fourth-order valence-electron chi connectivity index (χ4n) is 2.11. The van der Waals surface area contributed by atoms with Crippen molar-refractivity contribution in [2.45, 2.75) is 20.4 Å². The van der Waals surface area contributed by atoms with Gasteiger partial charge in [-0.15, -0.1) is 0 Å². The molecule has 0 fully saturated rings. The van der Waals surface area contributed by atoms with E-state index in [1.54, 1.807) is 26.0 Å². The minimum Gasteiger partial charge on any atom is -0.379 e. The minimum atomic E-state index is -0.510. The van der Waals surface area contributed by atoms with Crippen molar-refractivity contribution in [2.24, 2.45) is 0 Å². The van der Waals surface area contributed by atoms with Gasteiger partial charge in [0, 0.05) is 6.54 Å². The van der Waals surface area contributed by atoms with Gasteiger partial charge in [0.15, 0.2) is 5.82 Å². The molecule has 0 unspecified atom stereocenters. The zero-order chi connectivity index (χ0) is 15.6. The van der Waals surface area contributed by atoms with Gasteiger partial charge < -0.3 is 5.32 Å². The molecule has 1 N–H and O–H groups in total.